The molecule has 0 fully saturated rings. The smallest absolute Gasteiger partial charge is 0.242 e. The quantitative estimate of drug-likeness (QED) is 0.148. The molecule has 10 nitrogen and oxygen atoms in total. The Balaban J connectivity index is 1.20. The molecule has 1 aliphatic heterocycles. The highest BCUT2D eigenvalue weighted by Gasteiger charge is 2.45. The average molecular weight is 612 g/mol. The summed E-state index contributed by atoms with van der Waals surface area (Å²) in [6.07, 6.45) is 4.38. The molecule has 0 aliphatic carbocycles. The van der Waals surface area contributed by atoms with E-state index in [9.17, 15) is 9.59 Å². The number of carbonyl (C=O) groups excluding carboxylic acids is 2. The number of benzene rings is 2. The molecule has 10 heteroatoms. The van der Waals surface area contributed by atoms with Crippen molar-refractivity contribution >= 4 is 34.1 Å². The van der Waals surface area contributed by atoms with Gasteiger partial charge >= 0.3 is 0 Å². The van der Waals surface area contributed by atoms with Crippen molar-refractivity contribution in [3.05, 3.63) is 78.6 Å². The Morgan fingerprint density at radius 1 is 0.844 bits per heavy atom. The molecule has 5 rings (SSSR count). The lowest BCUT2D eigenvalue weighted by atomic mass is 9.90. The van der Waals surface area contributed by atoms with Gasteiger partial charge in [-0.25, -0.2) is 4.98 Å². The first kappa shape index (κ1) is 31.7. The van der Waals surface area contributed by atoms with Gasteiger partial charge in [-0.3, -0.25) is 19.5 Å². The fourth-order valence-corrected chi connectivity index (χ4v) is 5.54. The minimum atomic E-state index is -1.15. The second-order valence-corrected chi connectivity index (χ2v) is 11.6. The number of rotatable bonds is 13. The van der Waals surface area contributed by atoms with E-state index < -0.39 is 5.41 Å². The molecular weight excluding hydrogens is 570 g/mol. The van der Waals surface area contributed by atoms with Crippen LogP contribution in [0, 0.1) is 5.41 Å². The van der Waals surface area contributed by atoms with Crippen molar-refractivity contribution in [2.75, 3.05) is 56.8 Å². The van der Waals surface area contributed by atoms with Crippen molar-refractivity contribution in [3.63, 3.8) is 0 Å². The van der Waals surface area contributed by atoms with E-state index in [-0.39, 0.29) is 11.8 Å². The van der Waals surface area contributed by atoms with Crippen LogP contribution in [0.1, 0.15) is 32.8 Å². The number of carbonyl (C=O) groups is 2. The molecule has 0 bridgehead atoms. The van der Waals surface area contributed by atoms with Crippen LogP contribution in [-0.2, 0) is 16.1 Å². The summed E-state index contributed by atoms with van der Waals surface area (Å²) in [5, 5.41) is 0.994. The van der Waals surface area contributed by atoms with E-state index in [4.69, 9.17) is 14.2 Å². The van der Waals surface area contributed by atoms with Gasteiger partial charge in [0.1, 0.15) is 23.5 Å². The number of methoxy groups -OCH3 is 1. The Morgan fingerprint density at radius 3 is 2.38 bits per heavy atom. The second kappa shape index (κ2) is 13.9. The van der Waals surface area contributed by atoms with Crippen LogP contribution in [0.25, 0.3) is 10.9 Å². The van der Waals surface area contributed by atoms with E-state index in [1.165, 1.54) is 5.56 Å². The van der Waals surface area contributed by atoms with Crippen LogP contribution in [0.3, 0.4) is 0 Å². The Morgan fingerprint density at radius 2 is 1.62 bits per heavy atom. The average Bonchev–Trinajstić information content (AvgIpc) is 3.11. The van der Waals surface area contributed by atoms with Gasteiger partial charge in [0.15, 0.2) is 0 Å². The van der Waals surface area contributed by atoms with Gasteiger partial charge in [0.2, 0.25) is 17.7 Å². The normalized spacial score (nSPS) is 14.4. The molecule has 2 aromatic carbocycles. The molecule has 3 heterocycles. The molecule has 4 aromatic rings. The molecule has 0 saturated heterocycles. The first-order valence-electron chi connectivity index (χ1n) is 15.3. The highest BCUT2D eigenvalue weighted by atomic mass is 16.5. The third-order valence-electron chi connectivity index (χ3n) is 8.11. The van der Waals surface area contributed by atoms with Crippen molar-refractivity contribution in [3.8, 4) is 17.4 Å². The van der Waals surface area contributed by atoms with Gasteiger partial charge in [0.25, 0.3) is 0 Å². The number of aromatic nitrogens is 2. The number of hydrogen-bond acceptors (Lipinski definition) is 8. The zero-order chi connectivity index (χ0) is 32.0. The van der Waals surface area contributed by atoms with Crippen LogP contribution in [-0.4, -0.2) is 73.7 Å². The highest BCUT2D eigenvalue weighted by Crippen LogP contribution is 2.40. The van der Waals surface area contributed by atoms with Crippen LogP contribution < -0.4 is 24.0 Å². The lowest BCUT2D eigenvalue weighted by Gasteiger charge is -2.27. The summed E-state index contributed by atoms with van der Waals surface area (Å²) < 4.78 is 17.5. The number of hydrogen-bond donors (Lipinski definition) is 0. The summed E-state index contributed by atoms with van der Waals surface area (Å²) in [5.41, 5.74) is 2.24. The largest absolute Gasteiger partial charge is 0.497 e. The first-order chi connectivity index (χ1) is 21.7. The molecule has 0 saturated carbocycles. The molecular formula is C35H41N5O5. The number of fused-ring (bicyclic) bond motifs is 2. The van der Waals surface area contributed by atoms with Gasteiger partial charge in [-0.2, -0.15) is 0 Å². The standard InChI is InChI=1S/C35H41N5O5/c1-6-40-30-12-10-28(23-31(30)38(4)33(41)35(2,3)34(40)42)44-20-7-18-39(24-25-14-16-36-17-15-25)19-21-45-32-13-8-26-22-27(43-5)9-11-29(26)37-32/h8-17,22-23H,6-7,18-21,24H2,1-5H3. The highest BCUT2D eigenvalue weighted by molar-refractivity contribution is 6.20. The lowest BCUT2D eigenvalue weighted by Crippen LogP contribution is -2.47. The summed E-state index contributed by atoms with van der Waals surface area (Å²) in [5.74, 6) is 1.58. The Hall–Kier alpha value is -4.70. The topological polar surface area (TPSA) is 97.3 Å². The maximum absolute atomic E-state index is 13.2. The maximum Gasteiger partial charge on any atom is 0.242 e. The van der Waals surface area contributed by atoms with E-state index >= 15 is 0 Å². The van der Waals surface area contributed by atoms with Crippen molar-refractivity contribution in [1.82, 2.24) is 14.9 Å². The number of anilines is 2. The van der Waals surface area contributed by atoms with E-state index in [1.54, 1.807) is 50.2 Å². The molecule has 1 aliphatic rings. The van der Waals surface area contributed by atoms with Crippen molar-refractivity contribution in [2.45, 2.75) is 33.7 Å². The third-order valence-corrected chi connectivity index (χ3v) is 8.11. The second-order valence-electron chi connectivity index (χ2n) is 11.6. The van der Waals surface area contributed by atoms with Crippen LogP contribution in [0.15, 0.2) is 73.1 Å². The zero-order valence-electron chi connectivity index (χ0n) is 26.7. The van der Waals surface area contributed by atoms with E-state index in [1.807, 2.05) is 67.6 Å². The van der Waals surface area contributed by atoms with Crippen molar-refractivity contribution in [2.24, 2.45) is 5.41 Å². The molecule has 2 amide bonds. The van der Waals surface area contributed by atoms with Crippen LogP contribution in [0.2, 0.25) is 0 Å². The van der Waals surface area contributed by atoms with E-state index in [2.05, 4.69) is 14.9 Å². The van der Waals surface area contributed by atoms with Crippen LogP contribution in [0.4, 0.5) is 11.4 Å². The van der Waals surface area contributed by atoms with Gasteiger partial charge in [-0.05, 0) is 81.3 Å². The number of amides is 2. The Bertz CT molecular complexity index is 1640. The van der Waals surface area contributed by atoms with E-state index in [0.29, 0.717) is 49.3 Å². The molecule has 0 atom stereocenters. The predicted molar refractivity (Wildman–Crippen MR) is 175 cm³/mol. The minimum absolute atomic E-state index is 0.204. The summed E-state index contributed by atoms with van der Waals surface area (Å²) in [6.45, 7) is 8.95. The summed E-state index contributed by atoms with van der Waals surface area (Å²) >= 11 is 0. The number of pyridine rings is 2. The SMILES string of the molecule is CCN1C(=O)C(C)(C)C(=O)N(C)c2cc(OCCCN(CCOc3ccc4cc(OC)ccc4n3)Cc3ccncc3)ccc21. The summed E-state index contributed by atoms with van der Waals surface area (Å²) in [7, 11) is 3.36. The van der Waals surface area contributed by atoms with Crippen molar-refractivity contribution < 1.29 is 23.8 Å². The van der Waals surface area contributed by atoms with Crippen LogP contribution >= 0.6 is 0 Å². The molecule has 0 spiro atoms. The van der Waals surface area contributed by atoms with Gasteiger partial charge in [0, 0.05) is 63.1 Å². The van der Waals surface area contributed by atoms with Gasteiger partial charge in [-0.15, -0.1) is 0 Å². The van der Waals surface area contributed by atoms with Crippen LogP contribution in [0.5, 0.6) is 17.4 Å². The fraction of sp³-hybridized carbons (Fsp3) is 0.371. The zero-order valence-corrected chi connectivity index (χ0v) is 26.7. The Kier molecular flexibility index (Phi) is 9.83. The number of ether oxygens (including phenoxy) is 3. The molecule has 236 valence electrons. The lowest BCUT2D eigenvalue weighted by molar-refractivity contribution is -0.137. The fourth-order valence-electron chi connectivity index (χ4n) is 5.54. The molecule has 0 N–H and O–H groups in total. The Labute approximate surface area is 264 Å². The van der Waals surface area contributed by atoms with E-state index in [0.717, 1.165) is 36.2 Å². The third kappa shape index (κ3) is 7.17. The molecule has 2 aromatic heterocycles. The first-order valence-corrected chi connectivity index (χ1v) is 15.3. The molecule has 0 radical (unpaired) electrons. The minimum Gasteiger partial charge on any atom is -0.497 e. The van der Waals surface area contributed by atoms with Gasteiger partial charge < -0.3 is 24.0 Å². The monoisotopic (exact) mass is 611 g/mol. The summed E-state index contributed by atoms with van der Waals surface area (Å²) in [4.78, 5) is 40.7. The van der Waals surface area contributed by atoms with Crippen molar-refractivity contribution in [1.29, 1.82) is 0 Å². The van der Waals surface area contributed by atoms with Gasteiger partial charge in [-0.1, -0.05) is 0 Å². The number of nitrogens with zero attached hydrogens (tertiary/aromatic N) is 5. The molecule has 0 unspecified atom stereocenters. The maximum atomic E-state index is 13.2. The predicted octanol–water partition coefficient (Wildman–Crippen LogP) is 5.34. The van der Waals surface area contributed by atoms with Gasteiger partial charge in [0.05, 0.1) is 30.6 Å². The summed E-state index contributed by atoms with van der Waals surface area (Å²) in [6, 6.07) is 19.2. The molecule has 45 heavy (non-hydrogen) atoms.